The van der Waals surface area contributed by atoms with Crippen LogP contribution in [0.25, 0.3) is 0 Å². The number of rotatable bonds is 6. The molecule has 1 unspecified atom stereocenters. The van der Waals surface area contributed by atoms with Crippen molar-refractivity contribution in [3.8, 4) is 0 Å². The lowest BCUT2D eigenvalue weighted by Gasteiger charge is -2.31. The second-order valence-corrected chi connectivity index (χ2v) is 5.86. The van der Waals surface area contributed by atoms with Crippen LogP contribution in [0, 0.1) is 5.82 Å². The summed E-state index contributed by atoms with van der Waals surface area (Å²) in [6, 6.07) is 6.58. The Kier molecular flexibility index (Phi) is 9.88. The van der Waals surface area contributed by atoms with Crippen LogP contribution in [0.4, 0.5) is 4.39 Å². The van der Waals surface area contributed by atoms with Crippen LogP contribution in [0.2, 0.25) is 0 Å². The first-order valence-electron chi connectivity index (χ1n) is 8.09. The van der Waals surface area contributed by atoms with Crippen molar-refractivity contribution < 1.29 is 18.7 Å². The van der Waals surface area contributed by atoms with E-state index >= 15 is 0 Å². The third kappa shape index (κ3) is 4.94. The number of nitrogens with one attached hydrogen (secondary N) is 1. The summed E-state index contributed by atoms with van der Waals surface area (Å²) < 4.78 is 24.5. The van der Waals surface area contributed by atoms with E-state index in [0.717, 1.165) is 24.1 Å². The summed E-state index contributed by atoms with van der Waals surface area (Å²) in [5, 5.41) is 3.24. The Morgan fingerprint density at radius 1 is 1.19 bits per heavy atom. The van der Waals surface area contributed by atoms with Crippen LogP contribution in [0.15, 0.2) is 46.8 Å². The highest BCUT2D eigenvalue weighted by molar-refractivity contribution is 5.92. The lowest BCUT2D eigenvalue weighted by molar-refractivity contribution is -0.149. The zero-order valence-electron chi connectivity index (χ0n) is 14.6. The fourth-order valence-electron chi connectivity index (χ4n) is 3.15. The van der Waals surface area contributed by atoms with Gasteiger partial charge in [-0.3, -0.25) is 0 Å². The van der Waals surface area contributed by atoms with E-state index in [1.54, 1.807) is 18.2 Å². The number of dihydropyridines is 1. The van der Waals surface area contributed by atoms with Gasteiger partial charge in [-0.1, -0.05) is 46.4 Å². The number of methoxy groups -OCH3 is 1. The number of hydrogen-bond acceptors (Lipinski definition) is 4. The molecule has 0 aliphatic carbocycles. The molecular weight excluding hydrogens is 333 g/mol. The molecule has 4 nitrogen and oxygen atoms in total. The number of esters is 1. The largest absolute Gasteiger partial charge is 0.435 e. The Bertz CT molecular complexity index is 680. The summed E-state index contributed by atoms with van der Waals surface area (Å²) in [5.74, 6) is -1.26. The van der Waals surface area contributed by atoms with Gasteiger partial charge in [0.25, 0.3) is 0 Å². The standard InChI is InChI=1S/C19H24FNO3.2CH4/c1-5-8-14-12(2)21-13(3)17(19(22)24-11-23-4)18(14)15-9-6-7-10-16(15)20;;/h6-7,9-10,18,21H,5,8,11H2,1-4H3;2*1H4. The SMILES string of the molecule is C.C.CCCC1=C(C)NC(C)=C(C(=O)OCOC)C1c1ccccc1F. The molecule has 1 heterocycles. The van der Waals surface area contributed by atoms with Crippen LogP contribution < -0.4 is 5.32 Å². The van der Waals surface area contributed by atoms with Gasteiger partial charge in [0.1, 0.15) is 5.82 Å². The molecule has 0 saturated carbocycles. The Hall–Kier alpha value is -2.14. The average molecular weight is 365 g/mol. The van der Waals surface area contributed by atoms with Gasteiger partial charge in [0.05, 0.1) is 5.57 Å². The molecule has 26 heavy (non-hydrogen) atoms. The predicted octanol–water partition coefficient (Wildman–Crippen LogP) is 5.28. The highest BCUT2D eigenvalue weighted by Crippen LogP contribution is 2.41. The molecule has 1 N–H and O–H groups in total. The number of ether oxygens (including phenoxy) is 2. The number of hydrogen-bond donors (Lipinski definition) is 1. The topological polar surface area (TPSA) is 47.6 Å². The minimum Gasteiger partial charge on any atom is -0.435 e. The summed E-state index contributed by atoms with van der Waals surface area (Å²) in [6.07, 6.45) is 1.67. The van der Waals surface area contributed by atoms with Crippen LogP contribution in [0.1, 0.15) is 59.9 Å². The average Bonchev–Trinajstić information content (AvgIpc) is 2.55. The van der Waals surface area contributed by atoms with Crippen LogP contribution in [0.5, 0.6) is 0 Å². The van der Waals surface area contributed by atoms with Gasteiger partial charge in [-0.15, -0.1) is 0 Å². The van der Waals surface area contributed by atoms with E-state index in [4.69, 9.17) is 9.47 Å². The van der Waals surface area contributed by atoms with Crippen molar-refractivity contribution in [1.82, 2.24) is 5.32 Å². The molecule has 1 aromatic rings. The highest BCUT2D eigenvalue weighted by Gasteiger charge is 2.34. The summed E-state index contributed by atoms with van der Waals surface area (Å²) in [6.45, 7) is 5.70. The lowest BCUT2D eigenvalue weighted by Crippen LogP contribution is -2.29. The van der Waals surface area contributed by atoms with Crippen molar-refractivity contribution in [3.63, 3.8) is 0 Å². The monoisotopic (exact) mass is 365 g/mol. The van der Waals surface area contributed by atoms with Crippen molar-refractivity contribution in [1.29, 1.82) is 0 Å². The molecule has 0 saturated heterocycles. The molecule has 1 aliphatic rings. The van der Waals surface area contributed by atoms with Crippen molar-refractivity contribution in [2.45, 2.75) is 54.4 Å². The quantitative estimate of drug-likeness (QED) is 0.550. The minimum absolute atomic E-state index is 0. The molecule has 0 bridgehead atoms. The third-order valence-electron chi connectivity index (χ3n) is 4.16. The maximum Gasteiger partial charge on any atom is 0.338 e. The zero-order valence-corrected chi connectivity index (χ0v) is 14.6. The maximum absolute atomic E-state index is 14.5. The molecule has 0 amide bonds. The summed E-state index contributed by atoms with van der Waals surface area (Å²) in [7, 11) is 1.45. The van der Waals surface area contributed by atoms with Crippen LogP contribution in [0.3, 0.4) is 0 Å². The zero-order chi connectivity index (χ0) is 17.7. The van der Waals surface area contributed by atoms with Crippen molar-refractivity contribution >= 4 is 5.97 Å². The summed E-state index contributed by atoms with van der Waals surface area (Å²) in [5.41, 5.74) is 3.59. The second-order valence-electron chi connectivity index (χ2n) is 5.86. The van der Waals surface area contributed by atoms with Gasteiger partial charge in [-0.05, 0) is 37.5 Å². The number of carbonyl (C=O) groups excluding carboxylic acids is 1. The van der Waals surface area contributed by atoms with E-state index < -0.39 is 11.9 Å². The third-order valence-corrected chi connectivity index (χ3v) is 4.16. The van der Waals surface area contributed by atoms with Crippen molar-refractivity contribution in [2.24, 2.45) is 0 Å². The molecule has 5 heteroatoms. The fourth-order valence-corrected chi connectivity index (χ4v) is 3.15. The van der Waals surface area contributed by atoms with E-state index in [9.17, 15) is 9.18 Å². The Morgan fingerprint density at radius 3 is 2.42 bits per heavy atom. The molecular formula is C21H32FNO3. The highest BCUT2D eigenvalue weighted by atomic mass is 19.1. The van der Waals surface area contributed by atoms with E-state index in [1.807, 2.05) is 13.8 Å². The molecule has 146 valence electrons. The Morgan fingerprint density at radius 2 is 1.85 bits per heavy atom. The van der Waals surface area contributed by atoms with Gasteiger partial charge in [-0.25, -0.2) is 9.18 Å². The second kappa shape index (κ2) is 10.8. The molecule has 0 radical (unpaired) electrons. The molecule has 2 rings (SSSR count). The predicted molar refractivity (Wildman–Crippen MR) is 104 cm³/mol. The van der Waals surface area contributed by atoms with Gasteiger partial charge in [0, 0.05) is 24.4 Å². The fraction of sp³-hybridized carbons (Fsp3) is 0.476. The maximum atomic E-state index is 14.5. The van der Waals surface area contributed by atoms with Gasteiger partial charge >= 0.3 is 5.97 Å². The lowest BCUT2D eigenvalue weighted by atomic mass is 9.78. The number of allylic oxidation sites excluding steroid dienone is 3. The van der Waals surface area contributed by atoms with Crippen LogP contribution in [-0.2, 0) is 14.3 Å². The van der Waals surface area contributed by atoms with Crippen LogP contribution in [-0.4, -0.2) is 19.9 Å². The first-order valence-corrected chi connectivity index (χ1v) is 8.09. The number of benzene rings is 1. The normalized spacial score (nSPS) is 16.4. The molecule has 0 aromatic heterocycles. The van der Waals surface area contributed by atoms with Crippen molar-refractivity contribution in [2.75, 3.05) is 13.9 Å². The molecule has 1 atom stereocenters. The van der Waals surface area contributed by atoms with Gasteiger partial charge in [0.2, 0.25) is 0 Å². The first-order chi connectivity index (χ1) is 11.5. The minimum atomic E-state index is -0.490. The Balaban J connectivity index is 0.00000312. The number of carbonyl (C=O) groups is 1. The van der Waals surface area contributed by atoms with E-state index in [2.05, 4.69) is 12.2 Å². The smallest absolute Gasteiger partial charge is 0.338 e. The van der Waals surface area contributed by atoms with Crippen molar-refractivity contribution in [3.05, 3.63) is 58.2 Å². The summed E-state index contributed by atoms with van der Waals surface area (Å²) in [4.78, 5) is 12.6. The van der Waals surface area contributed by atoms with Gasteiger partial charge in [-0.2, -0.15) is 0 Å². The van der Waals surface area contributed by atoms with E-state index in [1.165, 1.54) is 13.2 Å². The van der Waals surface area contributed by atoms with Gasteiger partial charge < -0.3 is 14.8 Å². The molecule has 0 fully saturated rings. The number of halogens is 1. The molecule has 1 aromatic carbocycles. The van der Waals surface area contributed by atoms with Crippen LogP contribution >= 0.6 is 0 Å². The first kappa shape index (κ1) is 23.9. The Labute approximate surface area is 157 Å². The van der Waals surface area contributed by atoms with E-state index in [-0.39, 0.29) is 27.5 Å². The summed E-state index contributed by atoms with van der Waals surface area (Å²) >= 11 is 0. The molecule has 1 aliphatic heterocycles. The molecule has 0 spiro atoms. The van der Waals surface area contributed by atoms with E-state index in [0.29, 0.717) is 16.8 Å². The van der Waals surface area contributed by atoms with Gasteiger partial charge in [0.15, 0.2) is 6.79 Å².